The number of carbonyl (C=O) groups excluding carboxylic acids is 2. The van der Waals surface area contributed by atoms with Crippen LogP contribution in [0.1, 0.15) is 32.0 Å². The zero-order chi connectivity index (χ0) is 17.6. The molecule has 0 bridgehead atoms. The van der Waals surface area contributed by atoms with Crippen molar-refractivity contribution in [3.05, 3.63) is 70.4 Å². The molecule has 126 valence electrons. The van der Waals surface area contributed by atoms with Gasteiger partial charge in [-0.05, 0) is 36.8 Å². The van der Waals surface area contributed by atoms with Crippen molar-refractivity contribution in [2.45, 2.75) is 13.3 Å². The third kappa shape index (κ3) is 4.27. The Morgan fingerprint density at radius 3 is 2.36 bits per heavy atom. The van der Waals surface area contributed by atoms with Crippen LogP contribution >= 0.6 is 11.3 Å². The molecule has 0 aliphatic carbocycles. The molecular weight excluding hydrogens is 336 g/mol. The van der Waals surface area contributed by atoms with Crippen molar-refractivity contribution < 1.29 is 9.59 Å². The van der Waals surface area contributed by atoms with Gasteiger partial charge in [0.05, 0.1) is 11.2 Å². The number of amides is 2. The minimum absolute atomic E-state index is 0.213. The van der Waals surface area contributed by atoms with Crippen LogP contribution in [-0.2, 0) is 6.42 Å². The number of thiazole rings is 1. The number of benzene rings is 1. The van der Waals surface area contributed by atoms with Crippen LogP contribution in [0.25, 0.3) is 0 Å². The van der Waals surface area contributed by atoms with Gasteiger partial charge in [-0.3, -0.25) is 14.6 Å². The Hall–Kier alpha value is -3.06. The van der Waals surface area contributed by atoms with E-state index in [-0.39, 0.29) is 11.8 Å². The molecule has 0 spiro atoms. The molecule has 0 aliphatic rings. The van der Waals surface area contributed by atoms with Crippen LogP contribution in [0.2, 0.25) is 0 Å². The zero-order valence-corrected chi connectivity index (χ0v) is 14.3. The van der Waals surface area contributed by atoms with Gasteiger partial charge in [-0.15, -0.1) is 11.3 Å². The number of aromatic nitrogens is 2. The van der Waals surface area contributed by atoms with Crippen molar-refractivity contribution in [1.29, 1.82) is 0 Å². The fourth-order valence-electron chi connectivity index (χ4n) is 2.15. The van der Waals surface area contributed by atoms with Crippen molar-refractivity contribution in [3.63, 3.8) is 0 Å². The van der Waals surface area contributed by atoms with Crippen LogP contribution in [-0.4, -0.2) is 21.8 Å². The van der Waals surface area contributed by atoms with Crippen LogP contribution in [0.4, 0.5) is 11.4 Å². The van der Waals surface area contributed by atoms with Crippen molar-refractivity contribution in [1.82, 2.24) is 9.97 Å². The van der Waals surface area contributed by atoms with Crippen molar-refractivity contribution in [2.24, 2.45) is 0 Å². The Morgan fingerprint density at radius 2 is 1.72 bits per heavy atom. The second-order valence-corrected chi connectivity index (χ2v) is 6.31. The van der Waals surface area contributed by atoms with Gasteiger partial charge in [-0.1, -0.05) is 13.0 Å². The van der Waals surface area contributed by atoms with E-state index in [1.165, 1.54) is 11.3 Å². The highest BCUT2D eigenvalue weighted by atomic mass is 32.1. The molecule has 3 rings (SSSR count). The summed E-state index contributed by atoms with van der Waals surface area (Å²) in [6, 6.07) is 10.3. The van der Waals surface area contributed by atoms with Gasteiger partial charge in [0.25, 0.3) is 11.8 Å². The molecule has 2 N–H and O–H groups in total. The SMILES string of the molecule is CCc1ncc(C(=O)Nc2cccc(NC(=O)c3ccncc3)c2)s1. The standard InChI is InChI=1S/C18H16N4O2S/c1-2-16-20-11-15(25-16)18(24)22-14-5-3-4-13(10-14)21-17(23)12-6-8-19-9-7-12/h3-11H,2H2,1H3,(H,21,23)(H,22,24). The first kappa shape index (κ1) is 16.8. The molecule has 0 saturated heterocycles. The molecule has 25 heavy (non-hydrogen) atoms. The third-order valence-corrected chi connectivity index (χ3v) is 4.54. The summed E-state index contributed by atoms with van der Waals surface area (Å²) in [4.78, 5) is 33.1. The minimum Gasteiger partial charge on any atom is -0.322 e. The molecule has 6 nitrogen and oxygen atoms in total. The lowest BCUT2D eigenvalue weighted by atomic mass is 10.2. The molecule has 0 atom stereocenters. The summed E-state index contributed by atoms with van der Waals surface area (Å²) in [6.07, 6.45) is 5.50. The number of hydrogen-bond acceptors (Lipinski definition) is 5. The highest BCUT2D eigenvalue weighted by Crippen LogP contribution is 2.19. The maximum absolute atomic E-state index is 12.3. The molecule has 1 aromatic carbocycles. The highest BCUT2D eigenvalue weighted by molar-refractivity contribution is 7.13. The first-order chi connectivity index (χ1) is 12.2. The number of nitrogens with zero attached hydrogens (tertiary/aromatic N) is 2. The number of anilines is 2. The Labute approximate surface area is 149 Å². The van der Waals surface area contributed by atoms with Crippen LogP contribution in [0, 0.1) is 0 Å². The lowest BCUT2D eigenvalue weighted by Gasteiger charge is -2.08. The predicted octanol–water partition coefficient (Wildman–Crippen LogP) is 3.61. The number of rotatable bonds is 5. The fraction of sp³-hybridized carbons (Fsp3) is 0.111. The molecule has 0 radical (unpaired) electrons. The molecule has 0 saturated carbocycles. The molecule has 0 unspecified atom stereocenters. The van der Waals surface area contributed by atoms with Crippen LogP contribution < -0.4 is 10.6 Å². The molecule has 2 amide bonds. The maximum atomic E-state index is 12.3. The second-order valence-electron chi connectivity index (χ2n) is 5.20. The van der Waals surface area contributed by atoms with Crippen LogP contribution in [0.15, 0.2) is 55.0 Å². The largest absolute Gasteiger partial charge is 0.322 e. The van der Waals surface area contributed by atoms with E-state index in [1.807, 2.05) is 6.92 Å². The van der Waals surface area contributed by atoms with E-state index < -0.39 is 0 Å². The summed E-state index contributed by atoms with van der Waals surface area (Å²) >= 11 is 1.37. The Kier molecular flexibility index (Phi) is 5.15. The number of nitrogens with one attached hydrogen (secondary N) is 2. The van der Waals surface area contributed by atoms with Gasteiger partial charge >= 0.3 is 0 Å². The van der Waals surface area contributed by atoms with Gasteiger partial charge in [-0.2, -0.15) is 0 Å². The Bertz CT molecular complexity index is 893. The topological polar surface area (TPSA) is 84.0 Å². The molecule has 2 heterocycles. The summed E-state index contributed by atoms with van der Waals surface area (Å²) in [5.74, 6) is -0.448. The molecule has 0 fully saturated rings. The molecule has 2 aromatic heterocycles. The molecule has 0 aliphatic heterocycles. The van der Waals surface area contributed by atoms with Gasteiger partial charge in [-0.25, -0.2) is 4.98 Å². The normalized spacial score (nSPS) is 10.3. The van der Waals surface area contributed by atoms with E-state index in [0.717, 1.165) is 11.4 Å². The minimum atomic E-state index is -0.235. The fourth-order valence-corrected chi connectivity index (χ4v) is 2.91. The number of hydrogen-bond donors (Lipinski definition) is 2. The third-order valence-electron chi connectivity index (χ3n) is 3.40. The van der Waals surface area contributed by atoms with E-state index in [4.69, 9.17) is 0 Å². The van der Waals surface area contributed by atoms with Crippen molar-refractivity contribution in [2.75, 3.05) is 10.6 Å². The van der Waals surface area contributed by atoms with Crippen molar-refractivity contribution >= 4 is 34.5 Å². The number of pyridine rings is 1. The monoisotopic (exact) mass is 352 g/mol. The summed E-state index contributed by atoms with van der Waals surface area (Å²) < 4.78 is 0. The first-order valence-electron chi connectivity index (χ1n) is 7.73. The summed E-state index contributed by atoms with van der Waals surface area (Å²) in [5.41, 5.74) is 1.71. The Balaban J connectivity index is 1.69. The average Bonchev–Trinajstić information content (AvgIpc) is 3.12. The molecule has 7 heteroatoms. The van der Waals surface area contributed by atoms with E-state index in [2.05, 4.69) is 20.6 Å². The van der Waals surface area contributed by atoms with Gasteiger partial charge in [0.2, 0.25) is 0 Å². The number of aryl methyl sites for hydroxylation is 1. The maximum Gasteiger partial charge on any atom is 0.267 e. The predicted molar refractivity (Wildman–Crippen MR) is 98.1 cm³/mol. The summed E-state index contributed by atoms with van der Waals surface area (Å²) in [6.45, 7) is 2.00. The molecule has 3 aromatic rings. The highest BCUT2D eigenvalue weighted by Gasteiger charge is 2.11. The van der Waals surface area contributed by atoms with Crippen LogP contribution in [0.5, 0.6) is 0 Å². The smallest absolute Gasteiger partial charge is 0.267 e. The van der Waals surface area contributed by atoms with Crippen molar-refractivity contribution in [3.8, 4) is 0 Å². The van der Waals surface area contributed by atoms with E-state index in [9.17, 15) is 9.59 Å². The average molecular weight is 352 g/mol. The lowest BCUT2D eigenvalue weighted by molar-refractivity contribution is 0.102. The van der Waals surface area contributed by atoms with Gasteiger partial charge < -0.3 is 10.6 Å². The summed E-state index contributed by atoms with van der Waals surface area (Å²) in [7, 11) is 0. The van der Waals surface area contributed by atoms with Gasteiger partial charge in [0.1, 0.15) is 4.88 Å². The summed E-state index contributed by atoms with van der Waals surface area (Å²) in [5, 5.41) is 6.54. The van der Waals surface area contributed by atoms with Gasteiger partial charge in [0.15, 0.2) is 0 Å². The Morgan fingerprint density at radius 1 is 1.04 bits per heavy atom. The second kappa shape index (κ2) is 7.67. The first-order valence-corrected chi connectivity index (χ1v) is 8.55. The van der Waals surface area contributed by atoms with Gasteiger partial charge in [0, 0.05) is 29.3 Å². The number of carbonyl (C=O) groups is 2. The van der Waals surface area contributed by atoms with E-state index in [1.54, 1.807) is 55.0 Å². The zero-order valence-electron chi connectivity index (χ0n) is 13.5. The quantitative estimate of drug-likeness (QED) is 0.735. The lowest BCUT2D eigenvalue weighted by Crippen LogP contribution is -2.13. The van der Waals surface area contributed by atoms with E-state index in [0.29, 0.717) is 21.8 Å². The van der Waals surface area contributed by atoms with E-state index >= 15 is 0 Å². The molecular formula is C18H16N4O2S. The van der Waals surface area contributed by atoms with Crippen LogP contribution in [0.3, 0.4) is 0 Å².